The van der Waals surface area contributed by atoms with Crippen molar-refractivity contribution in [1.82, 2.24) is 0 Å². The molecule has 1 aliphatic rings. The minimum atomic E-state index is -0.113. The van der Waals surface area contributed by atoms with Crippen molar-refractivity contribution < 1.29 is 8.83 Å². The summed E-state index contributed by atoms with van der Waals surface area (Å²) in [7, 11) is 0. The van der Waals surface area contributed by atoms with Gasteiger partial charge in [0, 0.05) is 60.7 Å². The monoisotopic (exact) mass is 769 g/mol. The number of hydrogen-bond donors (Lipinski definition) is 0. The number of nitrogens with zero attached hydrogens (tertiary/aromatic N) is 1. The molecule has 1 aliphatic carbocycles. The van der Waals surface area contributed by atoms with Crippen molar-refractivity contribution >= 4 is 60.9 Å². The SMILES string of the molecule is CC1(C)c2ccccc2-c2ccc(N(c3ccc(-c4ccccc4)cc3)c3ccc(-c4cccc5c4oc4c(-c6cccc7c6oc6ccccc67)cccc45)cc3)cc21. The van der Waals surface area contributed by atoms with E-state index in [1.165, 1.54) is 33.4 Å². The molecule has 0 fully saturated rings. The van der Waals surface area contributed by atoms with Crippen LogP contribution in [0.1, 0.15) is 25.0 Å². The quantitative estimate of drug-likeness (QED) is 0.169. The van der Waals surface area contributed by atoms with Crippen molar-refractivity contribution in [3.8, 4) is 44.5 Å². The second-order valence-corrected chi connectivity index (χ2v) is 16.4. The van der Waals surface area contributed by atoms with Crippen LogP contribution >= 0.6 is 0 Å². The van der Waals surface area contributed by atoms with Gasteiger partial charge in [-0.2, -0.15) is 0 Å². The molecule has 0 spiro atoms. The normalized spacial score (nSPS) is 13.0. The summed E-state index contributed by atoms with van der Waals surface area (Å²) in [4.78, 5) is 2.38. The van der Waals surface area contributed by atoms with Gasteiger partial charge < -0.3 is 13.7 Å². The van der Waals surface area contributed by atoms with Crippen molar-refractivity contribution in [2.24, 2.45) is 0 Å². The van der Waals surface area contributed by atoms with Crippen molar-refractivity contribution in [3.05, 3.63) is 211 Å². The molecule has 9 aromatic carbocycles. The molecule has 0 aliphatic heterocycles. The van der Waals surface area contributed by atoms with Crippen LogP contribution in [0.4, 0.5) is 17.1 Å². The summed E-state index contributed by atoms with van der Waals surface area (Å²) in [5, 5.41) is 4.39. The standard InChI is InChI=1S/C57H39NO2/c1-57(2)51-23-8-6-15-43(51)44-34-33-41(35-52(44)57)58(39-29-25-37(26-30-39)36-13-4-3-5-14-36)40-31-27-38(28-32-40)42-17-10-19-47-49-21-12-22-50(56(49)60-54(42)47)48-20-11-18-46-45-16-7-9-24-53(45)59-55(46)48/h3-35H,1-2H3. The van der Waals surface area contributed by atoms with E-state index in [0.29, 0.717) is 0 Å². The van der Waals surface area contributed by atoms with Gasteiger partial charge in [0.15, 0.2) is 0 Å². The number of hydrogen-bond acceptors (Lipinski definition) is 3. The molecule has 12 rings (SSSR count). The first kappa shape index (κ1) is 34.4. The first-order chi connectivity index (χ1) is 29.5. The molecule has 0 bridgehead atoms. The zero-order valence-electron chi connectivity index (χ0n) is 33.3. The Balaban J connectivity index is 0.967. The van der Waals surface area contributed by atoms with Crippen LogP contribution in [-0.4, -0.2) is 0 Å². The molecule has 2 heterocycles. The van der Waals surface area contributed by atoms with Crippen LogP contribution in [-0.2, 0) is 5.41 Å². The largest absolute Gasteiger partial charge is 0.455 e. The topological polar surface area (TPSA) is 29.5 Å². The summed E-state index contributed by atoms with van der Waals surface area (Å²) < 4.78 is 13.4. The fourth-order valence-electron chi connectivity index (χ4n) is 9.72. The Morgan fingerprint density at radius 2 is 0.817 bits per heavy atom. The summed E-state index contributed by atoms with van der Waals surface area (Å²) in [6, 6.07) is 71.7. The second-order valence-electron chi connectivity index (χ2n) is 16.4. The van der Waals surface area contributed by atoms with Gasteiger partial charge in [0.2, 0.25) is 0 Å². The Kier molecular flexibility index (Phi) is 7.58. The first-order valence-electron chi connectivity index (χ1n) is 20.7. The maximum Gasteiger partial charge on any atom is 0.143 e. The molecule has 3 nitrogen and oxygen atoms in total. The third kappa shape index (κ3) is 5.22. The van der Waals surface area contributed by atoms with E-state index >= 15 is 0 Å². The minimum Gasteiger partial charge on any atom is -0.455 e. The summed E-state index contributed by atoms with van der Waals surface area (Å²) >= 11 is 0. The lowest BCUT2D eigenvalue weighted by Crippen LogP contribution is -2.16. The maximum absolute atomic E-state index is 6.95. The Morgan fingerprint density at radius 1 is 0.333 bits per heavy atom. The molecular formula is C57H39NO2. The molecule has 0 saturated carbocycles. The molecule has 0 N–H and O–H groups in total. The predicted molar refractivity (Wildman–Crippen MR) is 250 cm³/mol. The first-order valence-corrected chi connectivity index (χ1v) is 20.7. The number of fused-ring (bicyclic) bond motifs is 9. The predicted octanol–water partition coefficient (Wildman–Crippen LogP) is 16.3. The van der Waals surface area contributed by atoms with E-state index in [2.05, 4.69) is 207 Å². The average molecular weight is 770 g/mol. The highest BCUT2D eigenvalue weighted by Crippen LogP contribution is 2.51. The maximum atomic E-state index is 6.95. The fourth-order valence-corrected chi connectivity index (χ4v) is 9.72. The molecule has 2 aromatic heterocycles. The molecule has 0 amide bonds. The number of anilines is 3. The Bertz CT molecular complexity index is 3440. The van der Waals surface area contributed by atoms with E-state index in [1.54, 1.807) is 0 Å². The highest BCUT2D eigenvalue weighted by Gasteiger charge is 2.35. The van der Waals surface area contributed by atoms with Crippen molar-refractivity contribution in [1.29, 1.82) is 0 Å². The van der Waals surface area contributed by atoms with Crippen LogP contribution in [0.3, 0.4) is 0 Å². The van der Waals surface area contributed by atoms with Crippen LogP contribution < -0.4 is 4.90 Å². The van der Waals surface area contributed by atoms with E-state index in [-0.39, 0.29) is 5.41 Å². The molecular weight excluding hydrogens is 731 g/mol. The Morgan fingerprint density at radius 3 is 1.53 bits per heavy atom. The lowest BCUT2D eigenvalue weighted by Gasteiger charge is -2.28. The van der Waals surface area contributed by atoms with Crippen LogP contribution in [0, 0.1) is 0 Å². The Hall–Kier alpha value is -7.62. The lowest BCUT2D eigenvalue weighted by molar-refractivity contribution is 0.660. The number of para-hydroxylation sites is 4. The van der Waals surface area contributed by atoms with Gasteiger partial charge in [-0.1, -0.05) is 172 Å². The average Bonchev–Trinajstić information content (AvgIpc) is 3.95. The minimum absolute atomic E-state index is 0.113. The van der Waals surface area contributed by atoms with E-state index in [4.69, 9.17) is 8.83 Å². The molecule has 0 unspecified atom stereocenters. The summed E-state index contributed by atoms with van der Waals surface area (Å²) in [6.45, 7) is 4.69. The van der Waals surface area contributed by atoms with Crippen molar-refractivity contribution in [2.45, 2.75) is 19.3 Å². The summed E-state index contributed by atoms with van der Waals surface area (Å²) in [5.74, 6) is 0. The highest BCUT2D eigenvalue weighted by molar-refractivity contribution is 6.16. The van der Waals surface area contributed by atoms with Gasteiger partial charge in [0.1, 0.15) is 22.3 Å². The molecule has 0 atom stereocenters. The van der Waals surface area contributed by atoms with Gasteiger partial charge in [-0.05, 0) is 81.4 Å². The molecule has 0 radical (unpaired) electrons. The molecule has 3 heteroatoms. The van der Waals surface area contributed by atoms with Crippen molar-refractivity contribution in [3.63, 3.8) is 0 Å². The van der Waals surface area contributed by atoms with Crippen LogP contribution in [0.5, 0.6) is 0 Å². The van der Waals surface area contributed by atoms with E-state index in [1.807, 2.05) is 12.1 Å². The molecule has 0 saturated heterocycles. The second kappa shape index (κ2) is 13.2. The zero-order valence-corrected chi connectivity index (χ0v) is 33.3. The van der Waals surface area contributed by atoms with E-state index in [0.717, 1.165) is 83.2 Å². The van der Waals surface area contributed by atoms with Gasteiger partial charge in [-0.15, -0.1) is 0 Å². The third-order valence-electron chi connectivity index (χ3n) is 12.7. The molecule has 284 valence electrons. The van der Waals surface area contributed by atoms with E-state index < -0.39 is 0 Å². The smallest absolute Gasteiger partial charge is 0.143 e. The van der Waals surface area contributed by atoms with E-state index in [9.17, 15) is 0 Å². The zero-order chi connectivity index (χ0) is 40.0. The number of rotatable bonds is 6. The van der Waals surface area contributed by atoms with Gasteiger partial charge in [0.05, 0.1) is 0 Å². The Labute approximate surface area is 348 Å². The van der Waals surface area contributed by atoms with Gasteiger partial charge in [0.25, 0.3) is 0 Å². The lowest BCUT2D eigenvalue weighted by atomic mass is 9.82. The number of furan rings is 2. The van der Waals surface area contributed by atoms with Gasteiger partial charge >= 0.3 is 0 Å². The fraction of sp³-hybridized carbons (Fsp3) is 0.0526. The van der Waals surface area contributed by atoms with Crippen LogP contribution in [0.15, 0.2) is 209 Å². The van der Waals surface area contributed by atoms with Crippen molar-refractivity contribution in [2.75, 3.05) is 4.90 Å². The number of benzene rings is 9. The van der Waals surface area contributed by atoms with Gasteiger partial charge in [-0.25, -0.2) is 0 Å². The third-order valence-corrected chi connectivity index (χ3v) is 12.7. The van der Waals surface area contributed by atoms with Gasteiger partial charge in [-0.3, -0.25) is 0 Å². The molecule has 60 heavy (non-hydrogen) atoms. The van der Waals surface area contributed by atoms with Crippen LogP contribution in [0.2, 0.25) is 0 Å². The summed E-state index contributed by atoms with van der Waals surface area (Å²) in [5.41, 5.74) is 18.6. The molecule has 11 aromatic rings. The summed E-state index contributed by atoms with van der Waals surface area (Å²) in [6.07, 6.45) is 0. The highest BCUT2D eigenvalue weighted by atomic mass is 16.3. The van der Waals surface area contributed by atoms with Crippen LogP contribution in [0.25, 0.3) is 88.4 Å².